The Morgan fingerprint density at radius 3 is 2.54 bits per heavy atom. The first kappa shape index (κ1) is 31.7. The van der Waals surface area contributed by atoms with Gasteiger partial charge in [0.25, 0.3) is 5.91 Å². The van der Waals surface area contributed by atoms with Crippen LogP contribution in [-0.2, 0) is 25.7 Å². The maximum atomic E-state index is 13.3. The van der Waals surface area contributed by atoms with Gasteiger partial charge in [-0.05, 0) is 57.2 Å². The minimum absolute atomic E-state index is 0.191. The second kappa shape index (κ2) is 13.2. The number of carbonyl (C=O) groups excluding carboxylic acids is 3. The van der Waals surface area contributed by atoms with Crippen molar-refractivity contribution >= 4 is 40.7 Å². The van der Waals surface area contributed by atoms with Crippen LogP contribution in [0.3, 0.4) is 0 Å². The molecule has 0 unspecified atom stereocenters. The fourth-order valence-corrected chi connectivity index (χ4v) is 4.35. The molecule has 0 spiro atoms. The Morgan fingerprint density at radius 2 is 1.88 bits per heavy atom. The topological polar surface area (TPSA) is 152 Å². The molecule has 41 heavy (non-hydrogen) atoms. The summed E-state index contributed by atoms with van der Waals surface area (Å²) in [7, 11) is 1.68. The van der Waals surface area contributed by atoms with Crippen molar-refractivity contribution in [3.8, 4) is 0 Å². The first-order valence-electron chi connectivity index (χ1n) is 13.8. The molecule has 11 heteroatoms. The molecule has 3 atom stereocenters. The van der Waals surface area contributed by atoms with Crippen LogP contribution in [0.2, 0.25) is 0 Å². The van der Waals surface area contributed by atoms with Crippen LogP contribution < -0.4 is 10.7 Å². The molecule has 1 saturated heterocycles. The van der Waals surface area contributed by atoms with E-state index < -0.39 is 35.5 Å². The van der Waals surface area contributed by atoms with Crippen LogP contribution in [0.25, 0.3) is 17.0 Å². The molecular weight excluding hydrogens is 526 g/mol. The van der Waals surface area contributed by atoms with E-state index >= 15 is 0 Å². The van der Waals surface area contributed by atoms with E-state index in [4.69, 9.17) is 4.98 Å². The van der Waals surface area contributed by atoms with Crippen molar-refractivity contribution in [3.63, 3.8) is 0 Å². The number of aromatic nitrogens is 1. The van der Waals surface area contributed by atoms with Gasteiger partial charge in [0.15, 0.2) is 0 Å². The molecule has 11 nitrogen and oxygen atoms in total. The van der Waals surface area contributed by atoms with Gasteiger partial charge < -0.3 is 20.4 Å². The van der Waals surface area contributed by atoms with Crippen LogP contribution in [0, 0.1) is 11.3 Å². The standard InChI is InChI=1S/C30H41N5O6/c1-18(2)25(36)26(37)31-19(3)27(38)35-15-7-8-23(33-35)28(39)34(6)17-22-12-11-21-10-9-20(16-24(21)32-22)13-14-30(4,5)29(40)41/h9-14,16,18-19,23,25,33,36H,7-8,15,17H2,1-6H3,(H,31,37)(H,40,41)/b14-13+/t19-,23-,25-/m0/s1. The van der Waals surface area contributed by atoms with Crippen molar-refractivity contribution in [1.82, 2.24) is 25.6 Å². The van der Waals surface area contributed by atoms with Crippen LogP contribution in [0.15, 0.2) is 36.4 Å². The number of aliphatic hydroxyl groups excluding tert-OH is 1. The highest BCUT2D eigenvalue weighted by atomic mass is 16.4. The zero-order valence-electron chi connectivity index (χ0n) is 24.5. The van der Waals surface area contributed by atoms with Gasteiger partial charge in [0, 0.05) is 19.0 Å². The van der Waals surface area contributed by atoms with Gasteiger partial charge in [-0.25, -0.2) is 5.43 Å². The zero-order valence-corrected chi connectivity index (χ0v) is 24.5. The average Bonchev–Trinajstić information content (AvgIpc) is 2.94. The number of hydrogen-bond donors (Lipinski definition) is 4. The average molecular weight is 568 g/mol. The molecule has 2 heterocycles. The number of amides is 3. The van der Waals surface area contributed by atoms with Gasteiger partial charge in [-0.2, -0.15) is 0 Å². The summed E-state index contributed by atoms with van der Waals surface area (Å²) >= 11 is 0. The summed E-state index contributed by atoms with van der Waals surface area (Å²) in [5.74, 6) is -2.38. The fourth-order valence-electron chi connectivity index (χ4n) is 4.35. The number of carboxylic acid groups (broad SMARTS) is 1. The lowest BCUT2D eigenvalue weighted by molar-refractivity contribution is -0.146. The Labute approximate surface area is 240 Å². The summed E-state index contributed by atoms with van der Waals surface area (Å²) in [4.78, 5) is 56.0. The third kappa shape index (κ3) is 8.11. The van der Waals surface area contributed by atoms with E-state index in [2.05, 4.69) is 10.7 Å². The van der Waals surface area contributed by atoms with Crippen molar-refractivity contribution in [2.45, 2.75) is 72.2 Å². The maximum Gasteiger partial charge on any atom is 0.312 e. The lowest BCUT2D eigenvalue weighted by Gasteiger charge is -2.36. The smallest absolute Gasteiger partial charge is 0.312 e. The highest BCUT2D eigenvalue weighted by molar-refractivity contribution is 5.89. The quantitative estimate of drug-likeness (QED) is 0.341. The Morgan fingerprint density at radius 1 is 1.20 bits per heavy atom. The molecule has 4 N–H and O–H groups in total. The summed E-state index contributed by atoms with van der Waals surface area (Å²) in [5, 5.41) is 24.1. The van der Waals surface area contributed by atoms with Crippen molar-refractivity contribution in [2.24, 2.45) is 11.3 Å². The molecule has 0 aliphatic carbocycles. The van der Waals surface area contributed by atoms with Crippen LogP contribution in [0.5, 0.6) is 0 Å². The van der Waals surface area contributed by atoms with E-state index in [0.29, 0.717) is 25.1 Å². The third-order valence-electron chi connectivity index (χ3n) is 7.17. The number of aliphatic carboxylic acids is 1. The number of nitrogens with one attached hydrogen (secondary N) is 2. The summed E-state index contributed by atoms with van der Waals surface area (Å²) in [6.07, 6.45) is 3.35. The van der Waals surface area contributed by atoms with Gasteiger partial charge in [0.1, 0.15) is 18.2 Å². The molecule has 2 aromatic rings. The maximum absolute atomic E-state index is 13.3. The number of aliphatic hydroxyl groups is 1. The SMILES string of the molecule is CC(C)[C@H](O)C(=O)N[C@@H](C)C(=O)N1CCC[C@@H](C(=O)N(C)Cc2ccc3ccc(/C=C/C(C)(C)C(=O)O)cc3n2)N1. The van der Waals surface area contributed by atoms with Gasteiger partial charge in [-0.3, -0.25) is 29.2 Å². The van der Waals surface area contributed by atoms with Crippen molar-refractivity contribution in [1.29, 1.82) is 0 Å². The minimum Gasteiger partial charge on any atom is -0.481 e. The predicted molar refractivity (Wildman–Crippen MR) is 155 cm³/mol. The predicted octanol–water partition coefficient (Wildman–Crippen LogP) is 2.33. The highest BCUT2D eigenvalue weighted by Gasteiger charge is 2.33. The molecular formula is C30H41N5O6. The van der Waals surface area contributed by atoms with E-state index in [-0.39, 0.29) is 24.3 Å². The first-order chi connectivity index (χ1) is 19.2. The van der Waals surface area contributed by atoms with Gasteiger partial charge in [0.05, 0.1) is 23.2 Å². The second-order valence-electron chi connectivity index (χ2n) is 11.5. The third-order valence-corrected chi connectivity index (χ3v) is 7.17. The van der Waals surface area contributed by atoms with E-state index in [1.165, 1.54) is 5.01 Å². The molecule has 1 aromatic heterocycles. The van der Waals surface area contributed by atoms with Crippen molar-refractivity contribution in [3.05, 3.63) is 47.7 Å². The molecule has 0 radical (unpaired) electrons. The number of pyridine rings is 1. The molecule has 1 aromatic carbocycles. The summed E-state index contributed by atoms with van der Waals surface area (Å²) in [5.41, 5.74) is 4.24. The normalized spacial score (nSPS) is 17.5. The van der Waals surface area contributed by atoms with E-state index in [1.807, 2.05) is 30.3 Å². The van der Waals surface area contributed by atoms with Gasteiger partial charge in [0.2, 0.25) is 11.8 Å². The van der Waals surface area contributed by atoms with Gasteiger partial charge in [-0.1, -0.05) is 44.2 Å². The molecule has 0 bridgehead atoms. The van der Waals surface area contributed by atoms with Crippen LogP contribution in [0.4, 0.5) is 0 Å². The number of carbonyl (C=O) groups is 4. The Bertz CT molecular complexity index is 1320. The summed E-state index contributed by atoms with van der Waals surface area (Å²) < 4.78 is 0. The lowest BCUT2D eigenvalue weighted by Crippen LogP contribution is -2.61. The fraction of sp³-hybridized carbons (Fsp3) is 0.500. The largest absolute Gasteiger partial charge is 0.481 e. The Hall–Kier alpha value is -3.83. The van der Waals surface area contributed by atoms with E-state index in [9.17, 15) is 29.4 Å². The molecule has 1 aliphatic heterocycles. The first-order valence-corrected chi connectivity index (χ1v) is 13.8. The zero-order chi connectivity index (χ0) is 30.5. The van der Waals surface area contributed by atoms with Crippen molar-refractivity contribution < 1.29 is 29.4 Å². The van der Waals surface area contributed by atoms with Gasteiger partial charge in [-0.15, -0.1) is 0 Å². The number of carboxylic acids is 1. The molecule has 0 saturated carbocycles. The van der Waals surface area contributed by atoms with E-state index in [1.54, 1.807) is 58.7 Å². The van der Waals surface area contributed by atoms with Crippen LogP contribution in [0.1, 0.15) is 58.7 Å². The van der Waals surface area contributed by atoms with Crippen LogP contribution in [-0.4, -0.2) is 80.6 Å². The second-order valence-corrected chi connectivity index (χ2v) is 11.5. The van der Waals surface area contributed by atoms with Crippen LogP contribution >= 0.6 is 0 Å². The highest BCUT2D eigenvalue weighted by Crippen LogP contribution is 2.22. The molecule has 1 fully saturated rings. The number of hydrogen-bond acceptors (Lipinski definition) is 7. The lowest BCUT2D eigenvalue weighted by atomic mass is 9.92. The molecule has 222 valence electrons. The molecule has 3 amide bonds. The molecule has 1 aliphatic rings. The Kier molecular flexibility index (Phi) is 10.2. The number of benzene rings is 1. The minimum atomic E-state index is -1.21. The Balaban J connectivity index is 1.64. The van der Waals surface area contributed by atoms with Gasteiger partial charge >= 0.3 is 5.97 Å². The number of fused-ring (bicyclic) bond motifs is 1. The summed E-state index contributed by atoms with van der Waals surface area (Å²) in [6, 6.07) is 7.99. The molecule has 3 rings (SSSR count). The van der Waals surface area contributed by atoms with E-state index in [0.717, 1.165) is 16.5 Å². The number of hydrazine groups is 1. The number of nitrogens with zero attached hydrogens (tertiary/aromatic N) is 3. The number of rotatable bonds is 10. The van der Waals surface area contributed by atoms with Crippen molar-refractivity contribution in [2.75, 3.05) is 13.6 Å². The number of likely N-dealkylation sites (N-methyl/N-ethyl adjacent to an activating group) is 1. The monoisotopic (exact) mass is 567 g/mol. The summed E-state index contributed by atoms with van der Waals surface area (Å²) in [6.45, 7) is 8.88.